The van der Waals surface area contributed by atoms with Gasteiger partial charge in [0.2, 0.25) is 0 Å². The third-order valence-electron chi connectivity index (χ3n) is 3.01. The number of carbonyl (C=O) groups excluding carboxylic acids is 1. The van der Waals surface area contributed by atoms with Crippen molar-refractivity contribution in [3.8, 4) is 0 Å². The normalized spacial score (nSPS) is 24.3. The van der Waals surface area contributed by atoms with Crippen LogP contribution in [-0.4, -0.2) is 40.3 Å². The van der Waals surface area contributed by atoms with Gasteiger partial charge in [0.25, 0.3) is 0 Å². The molecule has 1 aliphatic carbocycles. The summed E-state index contributed by atoms with van der Waals surface area (Å²) in [5.74, 6) is -2.07. The van der Waals surface area contributed by atoms with E-state index in [1.807, 2.05) is 0 Å². The summed E-state index contributed by atoms with van der Waals surface area (Å²) < 4.78 is 0. The lowest BCUT2D eigenvalue weighted by Crippen LogP contribution is -2.49. The van der Waals surface area contributed by atoms with Crippen molar-refractivity contribution in [2.75, 3.05) is 0 Å². The van der Waals surface area contributed by atoms with Crippen LogP contribution in [0, 0.1) is 5.92 Å². The van der Waals surface area contributed by atoms with Crippen LogP contribution in [0.3, 0.4) is 0 Å². The van der Waals surface area contributed by atoms with Crippen molar-refractivity contribution in [2.45, 2.75) is 44.7 Å². The number of amides is 2. The number of carbonyl (C=O) groups is 3. The summed E-state index contributed by atoms with van der Waals surface area (Å²) in [6.45, 7) is 2.09. The first-order chi connectivity index (χ1) is 8.38. The minimum atomic E-state index is -1.40. The summed E-state index contributed by atoms with van der Waals surface area (Å²) in [6, 6.07) is -1.98. The van der Waals surface area contributed by atoms with E-state index in [1.165, 1.54) is 0 Å². The van der Waals surface area contributed by atoms with Gasteiger partial charge in [-0.3, -0.25) is 4.79 Å². The largest absolute Gasteiger partial charge is 0.481 e. The lowest BCUT2D eigenvalue weighted by atomic mass is 10.1. The molecule has 0 spiro atoms. The van der Waals surface area contributed by atoms with E-state index < -0.39 is 30.4 Å². The van der Waals surface area contributed by atoms with E-state index in [-0.39, 0.29) is 6.04 Å². The van der Waals surface area contributed by atoms with E-state index in [4.69, 9.17) is 10.2 Å². The second-order valence-electron chi connectivity index (χ2n) is 4.72. The smallest absolute Gasteiger partial charge is 0.326 e. The Hall–Kier alpha value is -1.79. The Balaban J connectivity index is 2.41. The molecule has 0 aliphatic heterocycles. The topological polar surface area (TPSA) is 116 Å². The zero-order valence-corrected chi connectivity index (χ0v) is 10.2. The number of urea groups is 1. The summed E-state index contributed by atoms with van der Waals surface area (Å²) >= 11 is 0. The van der Waals surface area contributed by atoms with Gasteiger partial charge in [-0.15, -0.1) is 0 Å². The quantitative estimate of drug-likeness (QED) is 0.569. The van der Waals surface area contributed by atoms with Gasteiger partial charge in [0, 0.05) is 6.04 Å². The maximum absolute atomic E-state index is 11.5. The van der Waals surface area contributed by atoms with Crippen molar-refractivity contribution in [2.24, 2.45) is 5.92 Å². The number of hydrogen-bond acceptors (Lipinski definition) is 3. The molecule has 0 aromatic heterocycles. The van der Waals surface area contributed by atoms with Crippen molar-refractivity contribution in [3.05, 3.63) is 0 Å². The van der Waals surface area contributed by atoms with Crippen LogP contribution >= 0.6 is 0 Å². The fourth-order valence-electron chi connectivity index (χ4n) is 2.10. The fraction of sp³-hybridized carbons (Fsp3) is 0.727. The zero-order valence-electron chi connectivity index (χ0n) is 10.2. The minimum absolute atomic E-state index is 0.0410. The molecule has 2 amide bonds. The highest BCUT2D eigenvalue weighted by Crippen LogP contribution is 2.24. The Morgan fingerprint density at radius 3 is 2.39 bits per heavy atom. The third kappa shape index (κ3) is 4.60. The SMILES string of the molecule is CC1CCC(NC(=O)NC(CC(=O)O)C(=O)O)C1. The summed E-state index contributed by atoms with van der Waals surface area (Å²) in [5.41, 5.74) is 0. The van der Waals surface area contributed by atoms with Crippen molar-refractivity contribution < 1.29 is 24.6 Å². The molecule has 0 bridgehead atoms. The maximum Gasteiger partial charge on any atom is 0.326 e. The second-order valence-corrected chi connectivity index (χ2v) is 4.72. The van der Waals surface area contributed by atoms with Gasteiger partial charge in [0.1, 0.15) is 6.04 Å². The lowest BCUT2D eigenvalue weighted by Gasteiger charge is -2.16. The lowest BCUT2D eigenvalue weighted by molar-refractivity contribution is -0.145. The molecule has 18 heavy (non-hydrogen) atoms. The van der Waals surface area contributed by atoms with Gasteiger partial charge in [0.15, 0.2) is 0 Å². The first kappa shape index (κ1) is 14.3. The zero-order chi connectivity index (χ0) is 13.7. The molecule has 0 heterocycles. The van der Waals surface area contributed by atoms with Crippen molar-refractivity contribution in [1.82, 2.24) is 10.6 Å². The highest BCUT2D eigenvalue weighted by Gasteiger charge is 2.26. The van der Waals surface area contributed by atoms with Crippen molar-refractivity contribution in [1.29, 1.82) is 0 Å². The molecule has 0 aromatic rings. The van der Waals surface area contributed by atoms with Gasteiger partial charge in [0.05, 0.1) is 6.42 Å². The van der Waals surface area contributed by atoms with E-state index in [9.17, 15) is 14.4 Å². The average molecular weight is 258 g/mol. The molecule has 1 saturated carbocycles. The predicted octanol–water partition coefficient (Wildman–Crippen LogP) is 0.402. The highest BCUT2D eigenvalue weighted by atomic mass is 16.4. The summed E-state index contributed by atoms with van der Waals surface area (Å²) in [6.07, 6.45) is 2.13. The second kappa shape index (κ2) is 6.23. The van der Waals surface area contributed by atoms with Gasteiger partial charge in [-0.2, -0.15) is 0 Å². The number of hydrogen-bond donors (Lipinski definition) is 4. The third-order valence-corrected chi connectivity index (χ3v) is 3.01. The Kier molecular flexibility index (Phi) is 4.94. The standard InChI is InChI=1S/C11H18N2O5/c1-6-2-3-7(4-6)12-11(18)13-8(10(16)17)5-9(14)15/h6-8H,2-5H2,1H3,(H,14,15)(H,16,17)(H2,12,13,18). The number of carboxylic acid groups (broad SMARTS) is 2. The van der Waals surface area contributed by atoms with Gasteiger partial charge < -0.3 is 20.8 Å². The molecule has 3 atom stereocenters. The molecular weight excluding hydrogens is 240 g/mol. The van der Waals surface area contributed by atoms with Crippen molar-refractivity contribution >= 4 is 18.0 Å². The molecule has 1 aliphatic rings. The van der Waals surface area contributed by atoms with Crippen LogP contribution in [-0.2, 0) is 9.59 Å². The molecule has 0 aromatic carbocycles. The molecule has 0 radical (unpaired) electrons. The van der Waals surface area contributed by atoms with Crippen LogP contribution in [0.2, 0.25) is 0 Å². The number of rotatable bonds is 5. The van der Waals surface area contributed by atoms with E-state index in [1.54, 1.807) is 0 Å². The molecule has 4 N–H and O–H groups in total. The fourth-order valence-corrected chi connectivity index (χ4v) is 2.10. The Bertz CT molecular complexity index is 344. The average Bonchev–Trinajstić information content (AvgIpc) is 2.62. The Morgan fingerprint density at radius 2 is 1.94 bits per heavy atom. The maximum atomic E-state index is 11.5. The summed E-state index contributed by atoms with van der Waals surface area (Å²) in [4.78, 5) is 32.7. The molecule has 7 heteroatoms. The number of nitrogens with one attached hydrogen (secondary N) is 2. The number of carboxylic acids is 2. The summed E-state index contributed by atoms with van der Waals surface area (Å²) in [5, 5.41) is 22.1. The molecule has 7 nitrogen and oxygen atoms in total. The summed E-state index contributed by atoms with van der Waals surface area (Å²) in [7, 11) is 0. The van der Waals surface area contributed by atoms with Gasteiger partial charge in [-0.1, -0.05) is 6.92 Å². The van der Waals surface area contributed by atoms with Crippen molar-refractivity contribution in [3.63, 3.8) is 0 Å². The number of aliphatic carboxylic acids is 2. The van der Waals surface area contributed by atoms with Crippen LogP contribution in [0.25, 0.3) is 0 Å². The van der Waals surface area contributed by atoms with Crippen LogP contribution < -0.4 is 10.6 Å². The Morgan fingerprint density at radius 1 is 1.28 bits per heavy atom. The Labute approximate surface area is 105 Å². The highest BCUT2D eigenvalue weighted by molar-refractivity contribution is 5.86. The predicted molar refractivity (Wildman–Crippen MR) is 62.1 cm³/mol. The van der Waals surface area contributed by atoms with Crippen LogP contribution in [0.15, 0.2) is 0 Å². The van der Waals surface area contributed by atoms with E-state index in [2.05, 4.69) is 17.6 Å². The van der Waals surface area contributed by atoms with Crippen LogP contribution in [0.4, 0.5) is 4.79 Å². The first-order valence-corrected chi connectivity index (χ1v) is 5.90. The van der Waals surface area contributed by atoms with Gasteiger partial charge >= 0.3 is 18.0 Å². The molecule has 0 saturated heterocycles. The molecular formula is C11H18N2O5. The molecule has 1 rings (SSSR count). The van der Waals surface area contributed by atoms with E-state index >= 15 is 0 Å². The monoisotopic (exact) mass is 258 g/mol. The molecule has 102 valence electrons. The van der Waals surface area contributed by atoms with Crippen LogP contribution in [0.5, 0.6) is 0 Å². The van der Waals surface area contributed by atoms with Gasteiger partial charge in [-0.25, -0.2) is 9.59 Å². The van der Waals surface area contributed by atoms with E-state index in [0.717, 1.165) is 19.3 Å². The van der Waals surface area contributed by atoms with E-state index in [0.29, 0.717) is 5.92 Å². The van der Waals surface area contributed by atoms with Gasteiger partial charge in [-0.05, 0) is 25.2 Å². The molecule has 3 unspecified atom stereocenters. The molecule has 1 fully saturated rings. The minimum Gasteiger partial charge on any atom is -0.481 e. The first-order valence-electron chi connectivity index (χ1n) is 5.90. The van der Waals surface area contributed by atoms with Crippen LogP contribution in [0.1, 0.15) is 32.6 Å².